The van der Waals surface area contributed by atoms with E-state index in [2.05, 4.69) is 0 Å². The number of quaternary nitrogens is 1. The Labute approximate surface area is 68.8 Å². The molecule has 0 aromatic rings. The molecule has 0 aromatic heterocycles. The van der Waals surface area contributed by atoms with E-state index in [9.17, 15) is 10.4 Å². The summed E-state index contributed by atoms with van der Waals surface area (Å²) < 4.78 is 0. The first kappa shape index (κ1) is 10.9. The van der Waals surface area contributed by atoms with Crippen molar-refractivity contribution in [2.75, 3.05) is 13.1 Å². The molecule has 11 heavy (non-hydrogen) atoms. The molecule has 0 heterocycles. The van der Waals surface area contributed by atoms with Crippen LogP contribution >= 0.6 is 0 Å². The lowest BCUT2D eigenvalue weighted by Crippen LogP contribution is -2.43. The molecule has 0 amide bonds. The summed E-state index contributed by atoms with van der Waals surface area (Å²) in [6.07, 6.45) is 0. The molecule has 0 radical (unpaired) electrons. The van der Waals surface area contributed by atoms with Gasteiger partial charge >= 0.3 is 0 Å². The number of hydrogen-bond donors (Lipinski definition) is 1. The van der Waals surface area contributed by atoms with Crippen LogP contribution in [0.3, 0.4) is 0 Å². The van der Waals surface area contributed by atoms with Gasteiger partial charge in [-0.05, 0) is 0 Å². The maximum absolute atomic E-state index is 11.2. The van der Waals surface area contributed by atoms with Gasteiger partial charge in [0.05, 0.1) is 0 Å². The number of rotatable bonds is 4. The quantitative estimate of drug-likeness (QED) is 0.506. The molecule has 68 valence electrons. The summed E-state index contributed by atoms with van der Waals surface area (Å²) in [6, 6.07) is 0. The minimum absolute atomic E-state index is 0.247. The zero-order valence-electron chi connectivity index (χ0n) is 7.87. The molecular formula is C8H19NO2. The van der Waals surface area contributed by atoms with E-state index < -0.39 is 4.81 Å². The Bertz CT molecular complexity index is 98.7. The first-order valence-electron chi connectivity index (χ1n) is 4.14. The molecule has 0 bridgehead atoms. The molecule has 3 heteroatoms. The third-order valence-electron chi connectivity index (χ3n) is 1.30. The fourth-order valence-electron chi connectivity index (χ4n) is 1.22. The minimum atomic E-state index is -1.09. The lowest BCUT2D eigenvalue weighted by Gasteiger charge is -2.36. The Hall–Kier alpha value is -0.120. The summed E-state index contributed by atoms with van der Waals surface area (Å²) in [5.74, 6) is 0.493. The van der Waals surface area contributed by atoms with Crippen molar-refractivity contribution in [1.29, 1.82) is 0 Å². The molecule has 0 aliphatic rings. The highest BCUT2D eigenvalue weighted by Gasteiger charge is 2.17. The second kappa shape index (κ2) is 4.04. The summed E-state index contributed by atoms with van der Waals surface area (Å²) in [6.45, 7) is 8.31. The monoisotopic (exact) mass is 161 g/mol. The standard InChI is InChI=1S/C8H19NO2/c1-7(2)5-9(10,11)6-8(3)4/h7-8,10H,5-6H2,1-4H3. The molecule has 0 saturated carbocycles. The van der Waals surface area contributed by atoms with Gasteiger partial charge in [-0.15, -0.1) is 0 Å². The Balaban J connectivity index is 3.79. The highest BCUT2D eigenvalue weighted by molar-refractivity contribution is 4.45. The van der Waals surface area contributed by atoms with Crippen LogP contribution in [0.15, 0.2) is 0 Å². The van der Waals surface area contributed by atoms with Gasteiger partial charge in [0, 0.05) is 11.8 Å². The van der Waals surface area contributed by atoms with Gasteiger partial charge in [-0.2, -0.15) is 0 Å². The molecule has 0 atom stereocenters. The molecule has 0 aliphatic carbocycles. The van der Waals surface area contributed by atoms with Crippen LogP contribution in [0, 0.1) is 17.0 Å². The maximum Gasteiger partial charge on any atom is 0.111 e. The highest BCUT2D eigenvalue weighted by Crippen LogP contribution is 2.09. The van der Waals surface area contributed by atoms with Gasteiger partial charge in [0.25, 0.3) is 0 Å². The second-order valence-electron chi connectivity index (χ2n) is 4.00. The van der Waals surface area contributed by atoms with Crippen LogP contribution in [0.2, 0.25) is 0 Å². The van der Waals surface area contributed by atoms with Gasteiger partial charge in [0.15, 0.2) is 0 Å². The summed E-state index contributed by atoms with van der Waals surface area (Å²) in [7, 11) is 0. The first-order valence-corrected chi connectivity index (χ1v) is 4.14. The van der Waals surface area contributed by atoms with Crippen molar-refractivity contribution >= 4 is 0 Å². The average molecular weight is 161 g/mol. The Kier molecular flexibility index (Phi) is 4.00. The molecular weight excluding hydrogens is 142 g/mol. The van der Waals surface area contributed by atoms with Crippen LogP contribution in [0.5, 0.6) is 0 Å². The predicted octanol–water partition coefficient (Wildman–Crippen LogP) is 2.00. The van der Waals surface area contributed by atoms with Gasteiger partial charge in [0.1, 0.15) is 13.1 Å². The van der Waals surface area contributed by atoms with Crippen molar-refractivity contribution in [3.63, 3.8) is 0 Å². The average Bonchev–Trinajstić information content (AvgIpc) is 1.53. The fourth-order valence-corrected chi connectivity index (χ4v) is 1.22. The Morgan fingerprint density at radius 1 is 1.09 bits per heavy atom. The molecule has 1 N–H and O–H groups in total. The van der Waals surface area contributed by atoms with E-state index >= 15 is 0 Å². The zero-order chi connectivity index (χ0) is 9.07. The minimum Gasteiger partial charge on any atom is -0.598 e. The maximum atomic E-state index is 11.2. The van der Waals surface area contributed by atoms with Crippen LogP contribution in [0.4, 0.5) is 0 Å². The summed E-state index contributed by atoms with van der Waals surface area (Å²) in [5, 5.41) is 20.5. The SMILES string of the molecule is CC(C)C[N+]([O-])(O)CC(C)C. The highest BCUT2D eigenvalue weighted by atomic mass is 16.8. The van der Waals surface area contributed by atoms with Gasteiger partial charge in [0.2, 0.25) is 0 Å². The molecule has 0 aliphatic heterocycles. The molecule has 0 spiro atoms. The van der Waals surface area contributed by atoms with Crippen LogP contribution in [0.1, 0.15) is 27.7 Å². The van der Waals surface area contributed by atoms with Crippen LogP contribution in [-0.2, 0) is 0 Å². The smallest absolute Gasteiger partial charge is 0.111 e. The lowest BCUT2D eigenvalue weighted by molar-refractivity contribution is -1.07. The summed E-state index contributed by atoms with van der Waals surface area (Å²) in [5.41, 5.74) is 0. The van der Waals surface area contributed by atoms with Gasteiger partial charge in [-0.25, -0.2) is 10.0 Å². The van der Waals surface area contributed by atoms with Crippen molar-refractivity contribution in [3.8, 4) is 0 Å². The van der Waals surface area contributed by atoms with E-state index in [4.69, 9.17) is 0 Å². The third-order valence-corrected chi connectivity index (χ3v) is 1.30. The van der Waals surface area contributed by atoms with Crippen LogP contribution in [0.25, 0.3) is 0 Å². The van der Waals surface area contributed by atoms with E-state index in [0.717, 1.165) is 0 Å². The fraction of sp³-hybridized carbons (Fsp3) is 1.00. The van der Waals surface area contributed by atoms with E-state index in [1.165, 1.54) is 0 Å². The van der Waals surface area contributed by atoms with E-state index in [1.54, 1.807) is 0 Å². The van der Waals surface area contributed by atoms with Crippen molar-refractivity contribution in [3.05, 3.63) is 5.21 Å². The number of hydrogen-bond acceptors (Lipinski definition) is 2. The molecule has 0 aromatic carbocycles. The summed E-state index contributed by atoms with van der Waals surface area (Å²) in [4.78, 5) is -1.09. The Morgan fingerprint density at radius 3 is 1.55 bits per heavy atom. The van der Waals surface area contributed by atoms with Crippen LogP contribution in [-0.4, -0.2) is 23.1 Å². The second-order valence-corrected chi connectivity index (χ2v) is 4.00. The van der Waals surface area contributed by atoms with Crippen molar-refractivity contribution in [2.24, 2.45) is 11.8 Å². The van der Waals surface area contributed by atoms with Gasteiger partial charge < -0.3 is 5.21 Å². The summed E-state index contributed by atoms with van der Waals surface area (Å²) >= 11 is 0. The molecule has 0 rings (SSSR count). The zero-order valence-corrected chi connectivity index (χ0v) is 7.87. The molecule has 0 fully saturated rings. The predicted molar refractivity (Wildman–Crippen MR) is 44.8 cm³/mol. The van der Waals surface area contributed by atoms with Gasteiger partial charge in [-0.3, -0.25) is 0 Å². The van der Waals surface area contributed by atoms with E-state index in [0.29, 0.717) is 0 Å². The first-order chi connectivity index (χ1) is 4.83. The van der Waals surface area contributed by atoms with Crippen molar-refractivity contribution in [2.45, 2.75) is 27.7 Å². The van der Waals surface area contributed by atoms with Crippen molar-refractivity contribution in [1.82, 2.24) is 0 Å². The van der Waals surface area contributed by atoms with Gasteiger partial charge in [-0.1, -0.05) is 27.7 Å². The number of nitrogens with zero attached hydrogens (tertiary/aromatic N) is 1. The molecule has 3 nitrogen and oxygen atoms in total. The molecule has 0 saturated heterocycles. The molecule has 0 unspecified atom stereocenters. The lowest BCUT2D eigenvalue weighted by atomic mass is 10.2. The normalized spacial score (nSPS) is 13.1. The largest absolute Gasteiger partial charge is 0.598 e. The van der Waals surface area contributed by atoms with E-state index in [-0.39, 0.29) is 24.9 Å². The van der Waals surface area contributed by atoms with Crippen molar-refractivity contribution < 1.29 is 10.0 Å². The van der Waals surface area contributed by atoms with E-state index in [1.807, 2.05) is 27.7 Å². The Morgan fingerprint density at radius 2 is 1.36 bits per heavy atom. The topological polar surface area (TPSA) is 43.3 Å². The van der Waals surface area contributed by atoms with Crippen LogP contribution < -0.4 is 0 Å². The number of hydroxylamine groups is 4. The third kappa shape index (κ3) is 6.28.